The van der Waals surface area contributed by atoms with Crippen LogP contribution in [-0.2, 0) is 10.0 Å². The zero-order valence-corrected chi connectivity index (χ0v) is 13.6. The van der Waals surface area contributed by atoms with Gasteiger partial charge in [-0.25, -0.2) is 17.5 Å². The van der Waals surface area contributed by atoms with Crippen molar-refractivity contribution in [2.75, 3.05) is 13.1 Å². The van der Waals surface area contributed by atoms with Crippen LogP contribution in [0.25, 0.3) is 0 Å². The van der Waals surface area contributed by atoms with E-state index in [0.29, 0.717) is 24.9 Å². The van der Waals surface area contributed by atoms with Crippen LogP contribution in [0.3, 0.4) is 0 Å². The van der Waals surface area contributed by atoms with E-state index in [2.05, 4.69) is 4.72 Å². The molecule has 0 aliphatic carbocycles. The van der Waals surface area contributed by atoms with Crippen LogP contribution in [0.1, 0.15) is 23.2 Å². The maximum atomic E-state index is 13.2. The van der Waals surface area contributed by atoms with Crippen molar-refractivity contribution in [1.29, 1.82) is 0 Å². The molecular formula is C16H17FN2O4S. The average molecular weight is 352 g/mol. The van der Waals surface area contributed by atoms with Crippen LogP contribution < -0.4 is 4.72 Å². The fraction of sp³-hybridized carbons (Fsp3) is 0.312. The van der Waals surface area contributed by atoms with E-state index in [1.54, 1.807) is 11.0 Å². The molecular weight excluding hydrogens is 335 g/mol. The van der Waals surface area contributed by atoms with Crippen molar-refractivity contribution in [3.8, 4) is 0 Å². The predicted octanol–water partition coefficient (Wildman–Crippen LogP) is 2.00. The van der Waals surface area contributed by atoms with Gasteiger partial charge in [0.05, 0.1) is 16.7 Å². The van der Waals surface area contributed by atoms with E-state index in [9.17, 15) is 17.6 Å². The highest BCUT2D eigenvalue weighted by molar-refractivity contribution is 7.89. The first-order chi connectivity index (χ1) is 11.5. The summed E-state index contributed by atoms with van der Waals surface area (Å²) in [5.74, 6) is -0.809. The van der Waals surface area contributed by atoms with Gasteiger partial charge in [-0.3, -0.25) is 4.79 Å². The van der Waals surface area contributed by atoms with Gasteiger partial charge >= 0.3 is 0 Å². The maximum Gasteiger partial charge on any atom is 0.257 e. The zero-order chi connectivity index (χ0) is 17.2. The van der Waals surface area contributed by atoms with Gasteiger partial charge in [-0.2, -0.15) is 0 Å². The first-order valence-electron chi connectivity index (χ1n) is 7.55. The van der Waals surface area contributed by atoms with Crippen LogP contribution in [0.2, 0.25) is 0 Å². The summed E-state index contributed by atoms with van der Waals surface area (Å²) in [6.07, 6.45) is 4.08. The summed E-state index contributed by atoms with van der Waals surface area (Å²) in [6.45, 7) is 0.820. The van der Waals surface area contributed by atoms with Crippen molar-refractivity contribution in [2.24, 2.45) is 0 Å². The molecule has 1 aromatic heterocycles. The van der Waals surface area contributed by atoms with Crippen molar-refractivity contribution in [2.45, 2.75) is 23.8 Å². The van der Waals surface area contributed by atoms with Crippen molar-refractivity contribution in [3.05, 3.63) is 54.2 Å². The van der Waals surface area contributed by atoms with Crippen molar-refractivity contribution in [1.82, 2.24) is 9.62 Å². The molecule has 1 fully saturated rings. The van der Waals surface area contributed by atoms with E-state index in [-0.39, 0.29) is 17.3 Å². The van der Waals surface area contributed by atoms with Gasteiger partial charge in [0.1, 0.15) is 12.1 Å². The summed E-state index contributed by atoms with van der Waals surface area (Å²) >= 11 is 0. The smallest absolute Gasteiger partial charge is 0.257 e. The Balaban J connectivity index is 1.70. The van der Waals surface area contributed by atoms with Crippen molar-refractivity contribution >= 4 is 15.9 Å². The summed E-state index contributed by atoms with van der Waals surface area (Å²) in [7, 11) is -3.83. The SMILES string of the molecule is O=C(c1ccoc1)N1CCCC(NS(=O)(=O)c2cccc(F)c2)C1. The lowest BCUT2D eigenvalue weighted by Gasteiger charge is -2.32. The third-order valence-corrected chi connectivity index (χ3v) is 5.42. The largest absolute Gasteiger partial charge is 0.472 e. The Morgan fingerprint density at radius 1 is 1.33 bits per heavy atom. The molecule has 2 heterocycles. The molecule has 2 aromatic rings. The molecule has 1 atom stereocenters. The molecule has 128 valence electrons. The minimum Gasteiger partial charge on any atom is -0.472 e. The summed E-state index contributed by atoms with van der Waals surface area (Å²) in [5.41, 5.74) is 0.434. The van der Waals surface area contributed by atoms with Gasteiger partial charge in [-0.1, -0.05) is 6.07 Å². The molecule has 24 heavy (non-hydrogen) atoms. The number of nitrogens with zero attached hydrogens (tertiary/aromatic N) is 1. The number of hydrogen-bond donors (Lipinski definition) is 1. The molecule has 1 unspecified atom stereocenters. The van der Waals surface area contributed by atoms with Crippen LogP contribution in [-0.4, -0.2) is 38.4 Å². The van der Waals surface area contributed by atoms with Gasteiger partial charge in [-0.15, -0.1) is 0 Å². The third kappa shape index (κ3) is 3.65. The van der Waals surface area contributed by atoms with Gasteiger partial charge in [0, 0.05) is 19.1 Å². The number of rotatable bonds is 4. The molecule has 3 rings (SSSR count). The van der Waals surface area contributed by atoms with E-state index in [1.165, 1.54) is 30.7 Å². The fourth-order valence-corrected chi connectivity index (χ4v) is 4.04. The number of amides is 1. The second-order valence-corrected chi connectivity index (χ2v) is 7.39. The number of piperidine rings is 1. The zero-order valence-electron chi connectivity index (χ0n) is 12.8. The Morgan fingerprint density at radius 3 is 2.88 bits per heavy atom. The lowest BCUT2D eigenvalue weighted by Crippen LogP contribution is -2.49. The van der Waals surface area contributed by atoms with E-state index in [1.807, 2.05) is 0 Å². The van der Waals surface area contributed by atoms with E-state index in [4.69, 9.17) is 4.42 Å². The maximum absolute atomic E-state index is 13.2. The highest BCUT2D eigenvalue weighted by Crippen LogP contribution is 2.17. The molecule has 6 nitrogen and oxygen atoms in total. The van der Waals surface area contributed by atoms with Crippen LogP contribution in [0.4, 0.5) is 4.39 Å². The molecule has 1 aliphatic rings. The molecule has 0 saturated carbocycles. The summed E-state index contributed by atoms with van der Waals surface area (Å²) in [5, 5.41) is 0. The number of furan rings is 1. The summed E-state index contributed by atoms with van der Waals surface area (Å²) < 4.78 is 45.4. The summed E-state index contributed by atoms with van der Waals surface area (Å²) in [6, 6.07) is 6.00. The average Bonchev–Trinajstić information content (AvgIpc) is 3.08. The predicted molar refractivity (Wildman–Crippen MR) is 84.4 cm³/mol. The molecule has 0 spiro atoms. The standard InChI is InChI=1S/C16H17FN2O4S/c17-13-3-1-5-15(9-13)24(21,22)18-14-4-2-7-19(10-14)16(20)12-6-8-23-11-12/h1,3,5-6,8-9,11,14,18H,2,4,7,10H2. The summed E-state index contributed by atoms with van der Waals surface area (Å²) in [4.78, 5) is 13.8. The molecule has 1 amide bonds. The van der Waals surface area contributed by atoms with Crippen LogP contribution in [0, 0.1) is 5.82 Å². The number of carbonyl (C=O) groups excluding carboxylic acids is 1. The Labute approximate surface area is 139 Å². The number of carbonyl (C=O) groups is 1. The van der Waals surface area contributed by atoms with Gasteiger partial charge in [0.2, 0.25) is 10.0 Å². The molecule has 1 aliphatic heterocycles. The van der Waals surface area contributed by atoms with Crippen LogP contribution in [0.15, 0.2) is 52.2 Å². The molecule has 1 N–H and O–H groups in total. The first kappa shape index (κ1) is 16.7. The molecule has 0 bridgehead atoms. The van der Waals surface area contributed by atoms with E-state index >= 15 is 0 Å². The Bertz CT molecular complexity index is 820. The molecule has 0 radical (unpaired) electrons. The lowest BCUT2D eigenvalue weighted by atomic mass is 10.1. The number of likely N-dealkylation sites (tertiary alicyclic amines) is 1. The normalized spacial score (nSPS) is 18.5. The molecule has 1 saturated heterocycles. The Morgan fingerprint density at radius 2 is 2.17 bits per heavy atom. The minimum atomic E-state index is -3.83. The second-order valence-electron chi connectivity index (χ2n) is 5.68. The molecule has 8 heteroatoms. The fourth-order valence-electron chi connectivity index (χ4n) is 2.75. The van der Waals surface area contributed by atoms with E-state index < -0.39 is 21.9 Å². The Hall–Kier alpha value is -2.19. The van der Waals surface area contributed by atoms with Crippen molar-refractivity contribution in [3.63, 3.8) is 0 Å². The topological polar surface area (TPSA) is 79.6 Å². The first-order valence-corrected chi connectivity index (χ1v) is 9.03. The van der Waals surface area contributed by atoms with Crippen molar-refractivity contribution < 1.29 is 22.0 Å². The highest BCUT2D eigenvalue weighted by atomic mass is 32.2. The second kappa shape index (κ2) is 6.74. The number of nitrogens with one attached hydrogen (secondary N) is 1. The number of benzene rings is 1. The number of hydrogen-bond acceptors (Lipinski definition) is 4. The number of sulfonamides is 1. The molecule has 1 aromatic carbocycles. The highest BCUT2D eigenvalue weighted by Gasteiger charge is 2.28. The number of halogens is 1. The minimum absolute atomic E-state index is 0.124. The monoisotopic (exact) mass is 352 g/mol. The van der Waals surface area contributed by atoms with Gasteiger partial charge in [0.25, 0.3) is 5.91 Å². The lowest BCUT2D eigenvalue weighted by molar-refractivity contribution is 0.0702. The van der Waals surface area contributed by atoms with Crippen LogP contribution >= 0.6 is 0 Å². The van der Waals surface area contributed by atoms with Gasteiger partial charge < -0.3 is 9.32 Å². The van der Waals surface area contributed by atoms with Gasteiger partial charge in [0.15, 0.2) is 0 Å². The third-order valence-electron chi connectivity index (χ3n) is 3.90. The quantitative estimate of drug-likeness (QED) is 0.913. The van der Waals surface area contributed by atoms with Crippen LogP contribution in [0.5, 0.6) is 0 Å². The van der Waals surface area contributed by atoms with Gasteiger partial charge in [-0.05, 0) is 37.1 Å². The van der Waals surface area contributed by atoms with E-state index in [0.717, 1.165) is 6.07 Å². The Kier molecular flexibility index (Phi) is 4.68.